The van der Waals surface area contributed by atoms with Crippen LogP contribution in [0.5, 0.6) is 23.0 Å². The van der Waals surface area contributed by atoms with Gasteiger partial charge in [-0.25, -0.2) is 0 Å². The smallest absolute Gasteiger partial charge is 0.204 e. The van der Waals surface area contributed by atoms with E-state index in [1.165, 1.54) is 26.4 Å². The third kappa shape index (κ3) is 4.03. The Hall–Kier alpha value is -3.45. The molecular formula is C25H28O7. The largest absolute Gasteiger partial charge is 0.507 e. The van der Waals surface area contributed by atoms with Gasteiger partial charge in [0.25, 0.3) is 0 Å². The number of fused-ring (bicyclic) bond motifs is 2. The first-order valence-electron chi connectivity index (χ1n) is 10.2. The van der Waals surface area contributed by atoms with Crippen LogP contribution in [0.4, 0.5) is 0 Å². The molecule has 0 aliphatic heterocycles. The fourth-order valence-corrected chi connectivity index (χ4v) is 3.66. The Balaban J connectivity index is 2.46. The molecule has 0 amide bonds. The number of benzene rings is 2. The maximum Gasteiger partial charge on any atom is 0.204 e. The highest BCUT2D eigenvalue weighted by molar-refractivity contribution is 5.97. The maximum absolute atomic E-state index is 13.6. The highest BCUT2D eigenvalue weighted by Gasteiger charge is 2.25. The third-order valence-corrected chi connectivity index (χ3v) is 5.43. The number of hydrogen-bond donors (Lipinski definition) is 3. The van der Waals surface area contributed by atoms with Gasteiger partial charge in [0.05, 0.1) is 25.7 Å². The number of hydrogen-bond acceptors (Lipinski definition) is 7. The maximum atomic E-state index is 13.6. The van der Waals surface area contributed by atoms with Crippen LogP contribution in [0, 0.1) is 0 Å². The fraction of sp³-hybridized carbons (Fsp3) is 0.320. The van der Waals surface area contributed by atoms with E-state index in [1.807, 2.05) is 19.9 Å². The van der Waals surface area contributed by atoms with E-state index in [0.29, 0.717) is 16.9 Å². The summed E-state index contributed by atoms with van der Waals surface area (Å²) >= 11 is 0. The lowest BCUT2D eigenvalue weighted by atomic mass is 9.96. The van der Waals surface area contributed by atoms with Gasteiger partial charge in [-0.15, -0.1) is 0 Å². The van der Waals surface area contributed by atoms with Crippen LogP contribution in [0.15, 0.2) is 45.1 Å². The minimum Gasteiger partial charge on any atom is -0.507 e. The Bertz CT molecular complexity index is 1290. The summed E-state index contributed by atoms with van der Waals surface area (Å²) in [5.41, 5.74) is 1.85. The van der Waals surface area contributed by atoms with E-state index < -0.39 is 11.5 Å². The summed E-state index contributed by atoms with van der Waals surface area (Å²) in [6.45, 7) is 9.25. The third-order valence-electron chi connectivity index (χ3n) is 5.43. The van der Waals surface area contributed by atoms with Crippen molar-refractivity contribution in [1.82, 2.24) is 0 Å². The van der Waals surface area contributed by atoms with E-state index in [4.69, 9.17) is 13.9 Å². The Labute approximate surface area is 185 Å². The number of aromatic hydroxyl groups is 2. The molecule has 0 aliphatic rings. The molecule has 3 rings (SSSR count). The molecule has 32 heavy (non-hydrogen) atoms. The molecule has 170 valence electrons. The lowest BCUT2D eigenvalue weighted by Crippen LogP contribution is -2.15. The zero-order valence-electron chi connectivity index (χ0n) is 18.9. The van der Waals surface area contributed by atoms with Crippen LogP contribution >= 0.6 is 0 Å². The monoisotopic (exact) mass is 440 g/mol. The van der Waals surface area contributed by atoms with E-state index >= 15 is 0 Å². The number of phenolic OH excluding ortho intramolecular Hbond substituents is 2. The van der Waals surface area contributed by atoms with Crippen molar-refractivity contribution in [2.75, 3.05) is 14.2 Å². The minimum absolute atomic E-state index is 0.0337. The van der Waals surface area contributed by atoms with Gasteiger partial charge < -0.3 is 29.2 Å². The van der Waals surface area contributed by atoms with Crippen molar-refractivity contribution < 1.29 is 29.2 Å². The Morgan fingerprint density at radius 3 is 2.31 bits per heavy atom. The van der Waals surface area contributed by atoms with Crippen LogP contribution in [0.3, 0.4) is 0 Å². The van der Waals surface area contributed by atoms with Gasteiger partial charge in [-0.2, -0.15) is 0 Å². The molecule has 1 aromatic heterocycles. The standard InChI is InChI=1S/C25H28O7/c1-12(2)7-8-14-17(27)10-18-22(23(14)28)24(29)21-15(9-16(26)13(3)4)25(31-6)20(30-5)11-19(21)32-18/h7,10-11,16,26-28H,3,8-9H2,1-2,4-6H3. The van der Waals surface area contributed by atoms with Crippen molar-refractivity contribution in [2.45, 2.75) is 39.7 Å². The zero-order chi connectivity index (χ0) is 23.7. The van der Waals surface area contributed by atoms with E-state index in [1.54, 1.807) is 6.92 Å². The van der Waals surface area contributed by atoms with Gasteiger partial charge in [0.15, 0.2) is 11.5 Å². The topological polar surface area (TPSA) is 109 Å². The molecule has 0 saturated carbocycles. The lowest BCUT2D eigenvalue weighted by Gasteiger charge is -2.18. The summed E-state index contributed by atoms with van der Waals surface area (Å²) in [6.07, 6.45) is 1.19. The first kappa shape index (κ1) is 23.2. The summed E-state index contributed by atoms with van der Waals surface area (Å²) in [5, 5.41) is 31.9. The summed E-state index contributed by atoms with van der Waals surface area (Å²) in [5.74, 6) is 0.0951. The van der Waals surface area contributed by atoms with Crippen LogP contribution in [0.2, 0.25) is 0 Å². The first-order chi connectivity index (χ1) is 15.1. The van der Waals surface area contributed by atoms with E-state index in [-0.39, 0.29) is 57.6 Å². The SMILES string of the molecule is C=C(C)C(O)Cc1c(OC)c(OC)cc2oc3cc(O)c(CC=C(C)C)c(O)c3c(=O)c12. The second-order valence-electron chi connectivity index (χ2n) is 8.04. The number of phenols is 2. The number of rotatable bonds is 7. The first-order valence-corrected chi connectivity index (χ1v) is 10.2. The summed E-state index contributed by atoms with van der Waals surface area (Å²) < 4.78 is 16.8. The van der Waals surface area contributed by atoms with Gasteiger partial charge in [-0.05, 0) is 27.2 Å². The predicted octanol–water partition coefficient (Wildman–Crippen LogP) is 4.36. The molecule has 0 aliphatic carbocycles. The second kappa shape index (κ2) is 8.96. The quantitative estimate of drug-likeness (QED) is 0.370. The summed E-state index contributed by atoms with van der Waals surface area (Å²) in [7, 11) is 2.89. The molecule has 0 bridgehead atoms. The predicted molar refractivity (Wildman–Crippen MR) is 124 cm³/mol. The van der Waals surface area contributed by atoms with Gasteiger partial charge in [-0.3, -0.25) is 4.79 Å². The number of methoxy groups -OCH3 is 2. The van der Waals surface area contributed by atoms with E-state index in [0.717, 1.165) is 5.57 Å². The molecule has 0 radical (unpaired) electrons. The fourth-order valence-electron chi connectivity index (χ4n) is 3.66. The van der Waals surface area contributed by atoms with Gasteiger partial charge in [0.1, 0.15) is 28.1 Å². The average molecular weight is 440 g/mol. The number of aliphatic hydroxyl groups excluding tert-OH is 1. The molecule has 0 saturated heterocycles. The van der Waals surface area contributed by atoms with Crippen molar-refractivity contribution in [1.29, 1.82) is 0 Å². The van der Waals surface area contributed by atoms with Crippen LogP contribution in [-0.4, -0.2) is 35.6 Å². The molecule has 2 aromatic carbocycles. The van der Waals surface area contributed by atoms with Gasteiger partial charge >= 0.3 is 0 Å². The average Bonchev–Trinajstić information content (AvgIpc) is 2.72. The molecule has 0 spiro atoms. The highest BCUT2D eigenvalue weighted by Crippen LogP contribution is 2.41. The molecule has 7 nitrogen and oxygen atoms in total. The van der Waals surface area contributed by atoms with Crippen molar-refractivity contribution in [3.05, 3.63) is 57.3 Å². The van der Waals surface area contributed by atoms with Gasteiger partial charge in [0, 0.05) is 29.7 Å². The van der Waals surface area contributed by atoms with Crippen molar-refractivity contribution in [2.24, 2.45) is 0 Å². The second-order valence-corrected chi connectivity index (χ2v) is 8.04. The zero-order valence-corrected chi connectivity index (χ0v) is 18.9. The van der Waals surface area contributed by atoms with Crippen LogP contribution in [0.25, 0.3) is 21.9 Å². The molecule has 1 atom stereocenters. The normalized spacial score (nSPS) is 12.1. The van der Waals surface area contributed by atoms with Crippen molar-refractivity contribution >= 4 is 21.9 Å². The van der Waals surface area contributed by atoms with Crippen LogP contribution in [0.1, 0.15) is 31.9 Å². The Morgan fingerprint density at radius 2 is 1.75 bits per heavy atom. The molecule has 0 fully saturated rings. The number of aliphatic hydroxyl groups is 1. The van der Waals surface area contributed by atoms with Gasteiger partial charge in [-0.1, -0.05) is 23.8 Å². The molecular weight excluding hydrogens is 412 g/mol. The summed E-state index contributed by atoms with van der Waals surface area (Å²) in [4.78, 5) is 13.6. The number of ether oxygens (including phenoxy) is 2. The molecule has 7 heteroatoms. The summed E-state index contributed by atoms with van der Waals surface area (Å²) in [6, 6.07) is 2.83. The van der Waals surface area contributed by atoms with E-state index in [2.05, 4.69) is 6.58 Å². The van der Waals surface area contributed by atoms with Crippen LogP contribution < -0.4 is 14.9 Å². The molecule has 3 N–H and O–H groups in total. The molecule has 1 heterocycles. The minimum atomic E-state index is -0.934. The van der Waals surface area contributed by atoms with Crippen LogP contribution in [-0.2, 0) is 12.8 Å². The Morgan fingerprint density at radius 1 is 1.09 bits per heavy atom. The molecule has 3 aromatic rings. The lowest BCUT2D eigenvalue weighted by molar-refractivity contribution is 0.210. The molecule has 1 unspecified atom stereocenters. The number of allylic oxidation sites excluding steroid dienone is 2. The highest BCUT2D eigenvalue weighted by atomic mass is 16.5. The van der Waals surface area contributed by atoms with Crippen molar-refractivity contribution in [3.63, 3.8) is 0 Å². The van der Waals surface area contributed by atoms with Crippen molar-refractivity contribution in [3.8, 4) is 23.0 Å². The van der Waals surface area contributed by atoms with E-state index in [9.17, 15) is 20.1 Å². The van der Waals surface area contributed by atoms with Gasteiger partial charge in [0.2, 0.25) is 5.43 Å². The Kier molecular flexibility index (Phi) is 6.50.